The number of furan rings is 1. The second-order valence-electron chi connectivity index (χ2n) is 5.14. The smallest absolute Gasteiger partial charge is 0.203 e. The average molecular weight is 322 g/mol. The zero-order chi connectivity index (χ0) is 16.8. The van der Waals surface area contributed by atoms with E-state index in [1.165, 1.54) is 6.08 Å². The van der Waals surface area contributed by atoms with E-state index >= 15 is 0 Å². The van der Waals surface area contributed by atoms with Crippen molar-refractivity contribution in [2.24, 2.45) is 0 Å². The minimum atomic E-state index is -0.104. The summed E-state index contributed by atoms with van der Waals surface area (Å²) in [5.74, 6) is 1.99. The van der Waals surface area contributed by atoms with Crippen LogP contribution in [0.4, 0.5) is 0 Å². The summed E-state index contributed by atoms with van der Waals surface area (Å²) in [6.07, 6.45) is 4.77. The van der Waals surface area contributed by atoms with Crippen LogP contribution >= 0.6 is 0 Å². The molecule has 0 atom stereocenters. The first-order valence-corrected chi connectivity index (χ1v) is 7.77. The summed E-state index contributed by atoms with van der Waals surface area (Å²) in [4.78, 5) is 12.2. The molecule has 2 aromatic heterocycles. The number of carbonyl (C=O) groups excluding carboxylic acids is 1. The van der Waals surface area contributed by atoms with E-state index in [4.69, 9.17) is 9.15 Å². The van der Waals surface area contributed by atoms with Gasteiger partial charge >= 0.3 is 0 Å². The zero-order valence-electron chi connectivity index (χ0n) is 13.4. The Morgan fingerprint density at radius 2 is 2.04 bits per heavy atom. The maximum atomic E-state index is 12.2. The Kier molecular flexibility index (Phi) is 4.91. The maximum Gasteiger partial charge on any atom is 0.203 e. The van der Waals surface area contributed by atoms with Crippen molar-refractivity contribution >= 4 is 11.9 Å². The van der Waals surface area contributed by atoms with Gasteiger partial charge in [0.05, 0.1) is 0 Å². The van der Waals surface area contributed by atoms with E-state index in [0.717, 1.165) is 5.75 Å². The van der Waals surface area contributed by atoms with E-state index < -0.39 is 0 Å². The molecule has 0 aliphatic heterocycles. The third-order valence-corrected chi connectivity index (χ3v) is 3.47. The molecule has 0 spiro atoms. The number of hydrogen-bond acceptors (Lipinski definition) is 4. The minimum Gasteiger partial charge on any atom is -0.486 e. The first kappa shape index (κ1) is 15.8. The number of benzene rings is 1. The van der Waals surface area contributed by atoms with E-state index in [9.17, 15) is 4.79 Å². The summed E-state index contributed by atoms with van der Waals surface area (Å²) in [7, 11) is 0. The summed E-state index contributed by atoms with van der Waals surface area (Å²) in [5, 5.41) is 4.09. The number of para-hydroxylation sites is 1. The highest BCUT2D eigenvalue weighted by molar-refractivity contribution is 6.05. The van der Waals surface area contributed by atoms with Gasteiger partial charge in [-0.3, -0.25) is 9.48 Å². The molecule has 1 aromatic carbocycles. The van der Waals surface area contributed by atoms with Crippen LogP contribution in [-0.2, 0) is 13.2 Å². The summed E-state index contributed by atoms with van der Waals surface area (Å²) < 4.78 is 12.9. The molecule has 122 valence electrons. The van der Waals surface area contributed by atoms with Gasteiger partial charge in [0, 0.05) is 12.7 Å². The molecule has 5 nitrogen and oxygen atoms in total. The molecule has 5 heteroatoms. The lowest BCUT2D eigenvalue weighted by molar-refractivity contribution is 0.103. The second-order valence-corrected chi connectivity index (χ2v) is 5.14. The van der Waals surface area contributed by atoms with Gasteiger partial charge in [-0.1, -0.05) is 18.2 Å². The molecule has 2 heterocycles. The predicted octanol–water partition coefficient (Wildman–Crippen LogP) is 3.97. The number of carbonyl (C=O) groups is 1. The number of allylic oxidation sites excluding steroid dienone is 1. The van der Waals surface area contributed by atoms with Crippen LogP contribution in [0.5, 0.6) is 5.75 Å². The Balaban J connectivity index is 1.60. The lowest BCUT2D eigenvalue weighted by atomic mass is 10.2. The molecule has 0 fully saturated rings. The topological polar surface area (TPSA) is 57.3 Å². The van der Waals surface area contributed by atoms with Gasteiger partial charge < -0.3 is 9.15 Å². The number of ether oxygens (including phenoxy) is 1. The van der Waals surface area contributed by atoms with Crippen LogP contribution in [0.1, 0.15) is 28.9 Å². The molecule has 0 unspecified atom stereocenters. The fourth-order valence-corrected chi connectivity index (χ4v) is 2.27. The van der Waals surface area contributed by atoms with E-state index in [2.05, 4.69) is 5.10 Å². The third-order valence-electron chi connectivity index (χ3n) is 3.47. The van der Waals surface area contributed by atoms with E-state index in [-0.39, 0.29) is 5.78 Å². The minimum absolute atomic E-state index is 0.104. The van der Waals surface area contributed by atoms with Gasteiger partial charge in [-0.25, -0.2) is 0 Å². The molecule has 24 heavy (non-hydrogen) atoms. The molecular weight excluding hydrogens is 304 g/mol. The highest BCUT2D eigenvalue weighted by atomic mass is 16.5. The Morgan fingerprint density at radius 1 is 1.21 bits per heavy atom. The maximum absolute atomic E-state index is 12.2. The molecule has 0 saturated carbocycles. The average Bonchev–Trinajstić information content (AvgIpc) is 3.28. The number of aromatic nitrogens is 2. The van der Waals surface area contributed by atoms with Crippen molar-refractivity contribution in [2.75, 3.05) is 0 Å². The van der Waals surface area contributed by atoms with Crippen molar-refractivity contribution in [1.82, 2.24) is 9.78 Å². The molecule has 0 aliphatic rings. The van der Waals surface area contributed by atoms with Gasteiger partial charge in [-0.2, -0.15) is 5.10 Å². The third kappa shape index (κ3) is 3.81. The fraction of sp³-hybridized carbons (Fsp3) is 0.158. The van der Waals surface area contributed by atoms with Crippen LogP contribution < -0.4 is 4.74 Å². The zero-order valence-corrected chi connectivity index (χ0v) is 13.4. The molecule has 0 N–H and O–H groups in total. The van der Waals surface area contributed by atoms with Crippen molar-refractivity contribution < 1.29 is 13.9 Å². The van der Waals surface area contributed by atoms with Gasteiger partial charge in [-0.15, -0.1) is 0 Å². The number of aryl methyl sites for hydroxylation is 1. The van der Waals surface area contributed by atoms with Crippen LogP contribution in [-0.4, -0.2) is 15.6 Å². The van der Waals surface area contributed by atoms with E-state index in [1.807, 2.05) is 49.4 Å². The van der Waals surface area contributed by atoms with Crippen LogP contribution in [0.2, 0.25) is 0 Å². The van der Waals surface area contributed by atoms with Crippen molar-refractivity contribution in [2.45, 2.75) is 20.1 Å². The Morgan fingerprint density at radius 3 is 2.83 bits per heavy atom. The molecule has 0 saturated heterocycles. The number of hydrogen-bond donors (Lipinski definition) is 0. The van der Waals surface area contributed by atoms with Gasteiger partial charge in [0.1, 0.15) is 29.6 Å². The predicted molar refractivity (Wildman–Crippen MR) is 90.7 cm³/mol. The van der Waals surface area contributed by atoms with Gasteiger partial charge in [0.2, 0.25) is 5.78 Å². The van der Waals surface area contributed by atoms with Crippen molar-refractivity contribution in [3.05, 3.63) is 78.0 Å². The molecule has 3 rings (SSSR count). The quantitative estimate of drug-likeness (QED) is 0.488. The second kappa shape index (κ2) is 7.46. The number of nitrogens with zero attached hydrogens (tertiary/aromatic N) is 2. The van der Waals surface area contributed by atoms with E-state index in [1.54, 1.807) is 23.0 Å². The SMILES string of the molecule is CCn1nccc1C(=O)/C=C/c1ccc(COc2ccccc2)o1. The highest BCUT2D eigenvalue weighted by Gasteiger charge is 2.08. The van der Waals surface area contributed by atoms with Crippen LogP contribution in [0.15, 0.2) is 65.2 Å². The standard InChI is InChI=1S/C19H18N2O3/c1-2-21-18(12-13-20-21)19(22)11-10-16-8-9-17(24-16)14-23-15-6-4-3-5-7-15/h3-13H,2,14H2,1H3/b11-10+. The lowest BCUT2D eigenvalue weighted by Gasteiger charge is -2.02. The normalized spacial score (nSPS) is 11.0. The van der Waals surface area contributed by atoms with Gasteiger partial charge in [0.25, 0.3) is 0 Å². The molecule has 0 bridgehead atoms. The molecule has 0 radical (unpaired) electrons. The van der Waals surface area contributed by atoms with Crippen LogP contribution in [0.3, 0.4) is 0 Å². The first-order chi connectivity index (χ1) is 11.8. The monoisotopic (exact) mass is 322 g/mol. The molecule has 0 amide bonds. The molecular formula is C19H18N2O3. The summed E-state index contributed by atoms with van der Waals surface area (Å²) >= 11 is 0. The Labute approximate surface area is 140 Å². The summed E-state index contributed by atoms with van der Waals surface area (Å²) in [6.45, 7) is 2.94. The number of ketones is 1. The lowest BCUT2D eigenvalue weighted by Crippen LogP contribution is -2.07. The summed E-state index contributed by atoms with van der Waals surface area (Å²) in [6, 6.07) is 14.9. The molecule has 3 aromatic rings. The first-order valence-electron chi connectivity index (χ1n) is 7.77. The summed E-state index contributed by atoms with van der Waals surface area (Å²) in [5.41, 5.74) is 0.563. The van der Waals surface area contributed by atoms with E-state index in [0.29, 0.717) is 30.4 Å². The highest BCUT2D eigenvalue weighted by Crippen LogP contribution is 2.15. The Bertz CT molecular complexity index is 831. The Hall–Kier alpha value is -3.08. The van der Waals surface area contributed by atoms with Gasteiger partial charge in [0.15, 0.2) is 0 Å². The van der Waals surface area contributed by atoms with Crippen LogP contribution in [0.25, 0.3) is 6.08 Å². The van der Waals surface area contributed by atoms with Crippen LogP contribution in [0, 0.1) is 0 Å². The fourth-order valence-electron chi connectivity index (χ4n) is 2.27. The van der Waals surface area contributed by atoms with Crippen molar-refractivity contribution in [3.8, 4) is 5.75 Å². The molecule has 0 aliphatic carbocycles. The van der Waals surface area contributed by atoms with Crippen molar-refractivity contribution in [1.29, 1.82) is 0 Å². The van der Waals surface area contributed by atoms with Gasteiger partial charge in [-0.05, 0) is 49.4 Å². The number of rotatable bonds is 7. The van der Waals surface area contributed by atoms with Crippen molar-refractivity contribution in [3.63, 3.8) is 0 Å². The largest absolute Gasteiger partial charge is 0.486 e.